The molecule has 1 aromatic rings. The molecule has 1 heterocycles. The number of allylic oxidation sites excluding steroid dienone is 3. The van der Waals surface area contributed by atoms with Crippen LogP contribution in [0.3, 0.4) is 0 Å². The first kappa shape index (κ1) is 27.9. The molecular weight excluding hydrogens is 495 g/mol. The molecule has 5 fully saturated rings. The average molecular weight is 545 g/mol. The van der Waals surface area contributed by atoms with E-state index in [-0.39, 0.29) is 11.6 Å². The molecule has 5 aliphatic carbocycles. The third-order valence-electron chi connectivity index (χ3n) is 11.2. The predicted molar refractivity (Wildman–Crippen MR) is 166 cm³/mol. The molecule has 0 radical (unpaired) electrons. The van der Waals surface area contributed by atoms with Crippen LogP contribution in [0.4, 0.5) is 10.1 Å². The van der Waals surface area contributed by atoms with Gasteiger partial charge in [0.15, 0.2) is 0 Å². The highest BCUT2D eigenvalue weighted by atomic mass is 19.1. The second kappa shape index (κ2) is 11.2. The molecule has 0 spiro atoms. The molecule has 2 bridgehead atoms. The number of nitrogens with zero attached hydrogens (tertiary/aromatic N) is 3. The van der Waals surface area contributed by atoms with Gasteiger partial charge in [-0.05, 0) is 113 Å². The van der Waals surface area contributed by atoms with Gasteiger partial charge >= 0.3 is 0 Å². The Bertz CT molecular complexity index is 1170. The zero-order valence-electron chi connectivity index (χ0n) is 24.8. The van der Waals surface area contributed by atoms with Crippen LogP contribution in [0, 0.1) is 22.7 Å². The lowest BCUT2D eigenvalue weighted by atomic mass is 9.52. The lowest BCUT2D eigenvalue weighted by Gasteiger charge is -2.55. The van der Waals surface area contributed by atoms with Crippen molar-refractivity contribution in [2.45, 2.75) is 116 Å². The summed E-state index contributed by atoms with van der Waals surface area (Å²) in [7, 11) is 0. The highest BCUT2D eigenvalue weighted by molar-refractivity contribution is 6.04. The van der Waals surface area contributed by atoms with Gasteiger partial charge in [0.2, 0.25) is 0 Å². The van der Waals surface area contributed by atoms with E-state index in [1.807, 2.05) is 6.08 Å². The minimum Gasteiger partial charge on any atom is -0.345 e. The van der Waals surface area contributed by atoms with Crippen molar-refractivity contribution >= 4 is 17.1 Å². The van der Waals surface area contributed by atoms with Crippen LogP contribution in [0.5, 0.6) is 0 Å². The number of halogens is 1. The first-order valence-corrected chi connectivity index (χ1v) is 16.1. The fourth-order valence-electron chi connectivity index (χ4n) is 8.03. The standard InChI is InChI=1S/C35H49FN4/c1-24(36)31-14-15-32(39-31)29-10-7-11-30(22-29)40(25(2)27-8-5-4-6-9-27)23-34-16-19-35(20-17-34,21-18-34)26(3)38-33(37)28-12-13-28/h7,10-11,14,22,24,27-28,33H,2,4-6,8-9,12-13,15-21,23,37H2,1,3H3/b38-26+. The summed E-state index contributed by atoms with van der Waals surface area (Å²) in [5.74, 6) is 1.17. The Hall–Kier alpha value is -2.27. The van der Waals surface area contributed by atoms with E-state index in [0.717, 1.165) is 17.8 Å². The summed E-state index contributed by atoms with van der Waals surface area (Å²) in [6.45, 7) is 9.63. The number of hydrogen-bond acceptors (Lipinski definition) is 4. The smallest absolute Gasteiger partial charge is 0.139 e. The van der Waals surface area contributed by atoms with Crippen molar-refractivity contribution in [1.29, 1.82) is 0 Å². The van der Waals surface area contributed by atoms with Crippen molar-refractivity contribution in [3.63, 3.8) is 0 Å². The van der Waals surface area contributed by atoms with Crippen LogP contribution < -0.4 is 10.6 Å². The molecule has 2 N–H and O–H groups in total. The molecule has 2 atom stereocenters. The molecule has 1 aromatic carbocycles. The van der Waals surface area contributed by atoms with Crippen LogP contribution in [-0.2, 0) is 0 Å². The van der Waals surface area contributed by atoms with Crippen LogP contribution in [0.15, 0.2) is 58.3 Å². The number of benzene rings is 1. The Morgan fingerprint density at radius 1 is 1.10 bits per heavy atom. The molecule has 40 heavy (non-hydrogen) atoms. The average Bonchev–Trinajstić information content (AvgIpc) is 3.73. The van der Waals surface area contributed by atoms with E-state index in [4.69, 9.17) is 17.3 Å². The summed E-state index contributed by atoms with van der Waals surface area (Å²) in [6, 6.07) is 8.82. The van der Waals surface area contributed by atoms with Gasteiger partial charge in [-0.1, -0.05) is 44.1 Å². The Morgan fingerprint density at radius 2 is 1.80 bits per heavy atom. The topological polar surface area (TPSA) is 54.0 Å². The van der Waals surface area contributed by atoms with Crippen LogP contribution in [0.2, 0.25) is 0 Å². The second-order valence-electron chi connectivity index (χ2n) is 13.8. The highest BCUT2D eigenvalue weighted by Gasteiger charge is 2.51. The molecule has 1 aliphatic heterocycles. The Kier molecular flexibility index (Phi) is 7.80. The number of aliphatic imine (C=N–C) groups is 2. The van der Waals surface area contributed by atoms with Crippen molar-refractivity contribution in [3.8, 4) is 0 Å². The minimum absolute atomic E-state index is 0.00781. The zero-order valence-corrected chi connectivity index (χ0v) is 24.8. The first-order valence-electron chi connectivity index (χ1n) is 16.1. The van der Waals surface area contributed by atoms with Crippen LogP contribution in [0.25, 0.3) is 0 Å². The number of rotatable bonds is 10. The summed E-state index contributed by atoms with van der Waals surface area (Å²) in [4.78, 5) is 12.3. The van der Waals surface area contributed by atoms with Crippen molar-refractivity contribution in [3.05, 3.63) is 53.9 Å². The van der Waals surface area contributed by atoms with E-state index >= 15 is 0 Å². The van der Waals surface area contributed by atoms with Gasteiger partial charge in [-0.25, -0.2) is 4.39 Å². The maximum absolute atomic E-state index is 13.9. The van der Waals surface area contributed by atoms with Gasteiger partial charge in [-0.2, -0.15) is 0 Å². The summed E-state index contributed by atoms with van der Waals surface area (Å²) in [5.41, 5.74) is 13.5. The quantitative estimate of drug-likeness (QED) is 0.300. The van der Waals surface area contributed by atoms with E-state index in [9.17, 15) is 4.39 Å². The third kappa shape index (κ3) is 5.60. The van der Waals surface area contributed by atoms with E-state index in [2.05, 4.69) is 41.1 Å². The molecule has 7 rings (SSSR count). The normalized spacial score (nSPS) is 30.6. The Balaban J connectivity index is 1.23. The number of fused-ring (bicyclic) bond motifs is 3. The minimum atomic E-state index is -1.02. The van der Waals surface area contributed by atoms with Gasteiger partial charge in [-0.15, -0.1) is 0 Å². The molecule has 4 nitrogen and oxygen atoms in total. The number of anilines is 1. The van der Waals surface area contributed by atoms with Gasteiger partial charge < -0.3 is 10.6 Å². The van der Waals surface area contributed by atoms with Gasteiger partial charge in [0, 0.05) is 35.5 Å². The lowest BCUT2D eigenvalue weighted by Crippen LogP contribution is -2.50. The zero-order chi connectivity index (χ0) is 27.9. The maximum atomic E-state index is 13.9. The van der Waals surface area contributed by atoms with Crippen LogP contribution in [-0.4, -0.2) is 30.3 Å². The molecule has 6 aliphatic rings. The third-order valence-corrected chi connectivity index (χ3v) is 11.2. The summed E-state index contributed by atoms with van der Waals surface area (Å²) >= 11 is 0. The van der Waals surface area contributed by atoms with E-state index in [1.165, 1.54) is 101 Å². The number of alkyl halides is 1. The molecular formula is C35H49FN4. The number of hydrogen-bond donors (Lipinski definition) is 1. The predicted octanol–water partition coefficient (Wildman–Crippen LogP) is 8.52. The SMILES string of the molecule is C=C(C1CCCCC1)N(CC12CCC(/C(C)=N/C(N)C3CC3)(CC1)CC2)c1cccc(C2=NC(C(C)F)=CC2)c1. The van der Waals surface area contributed by atoms with Gasteiger partial charge in [0.05, 0.1) is 17.6 Å². The monoisotopic (exact) mass is 544 g/mol. The molecule has 0 saturated heterocycles. The second-order valence-corrected chi connectivity index (χ2v) is 13.8. The van der Waals surface area contributed by atoms with Gasteiger partial charge in [0.1, 0.15) is 6.17 Å². The molecule has 216 valence electrons. The molecule has 5 heteroatoms. The molecule has 2 unspecified atom stereocenters. The van der Waals surface area contributed by atoms with Crippen molar-refractivity contribution in [2.24, 2.45) is 38.4 Å². The fraction of sp³-hybridized carbons (Fsp3) is 0.657. The van der Waals surface area contributed by atoms with Crippen molar-refractivity contribution in [1.82, 2.24) is 0 Å². The van der Waals surface area contributed by atoms with Gasteiger partial charge in [0.25, 0.3) is 0 Å². The van der Waals surface area contributed by atoms with Gasteiger partial charge in [-0.3, -0.25) is 9.98 Å². The van der Waals surface area contributed by atoms with E-state index in [0.29, 0.717) is 29.4 Å². The molecule has 0 aromatic heterocycles. The van der Waals surface area contributed by atoms with Crippen LogP contribution >= 0.6 is 0 Å². The fourth-order valence-corrected chi connectivity index (χ4v) is 8.03. The highest BCUT2D eigenvalue weighted by Crippen LogP contribution is 2.58. The van der Waals surface area contributed by atoms with Crippen molar-refractivity contribution in [2.75, 3.05) is 11.4 Å². The number of nitrogens with two attached hydrogens (primary N) is 1. The first-order chi connectivity index (χ1) is 19.3. The summed E-state index contributed by atoms with van der Waals surface area (Å²) < 4.78 is 13.9. The summed E-state index contributed by atoms with van der Waals surface area (Å²) in [6.07, 6.45) is 18.0. The van der Waals surface area contributed by atoms with Crippen molar-refractivity contribution < 1.29 is 4.39 Å². The Morgan fingerprint density at radius 3 is 2.42 bits per heavy atom. The van der Waals surface area contributed by atoms with E-state index < -0.39 is 6.17 Å². The largest absolute Gasteiger partial charge is 0.345 e. The lowest BCUT2D eigenvalue weighted by molar-refractivity contribution is 0.0387. The maximum Gasteiger partial charge on any atom is 0.139 e. The summed E-state index contributed by atoms with van der Waals surface area (Å²) in [5, 5.41) is 0. The molecule has 5 saturated carbocycles. The van der Waals surface area contributed by atoms with Crippen LogP contribution in [0.1, 0.15) is 109 Å². The van der Waals surface area contributed by atoms with E-state index in [1.54, 1.807) is 6.92 Å². The Labute approximate surface area is 241 Å². The molecule has 0 amide bonds.